The van der Waals surface area contributed by atoms with E-state index in [1.807, 2.05) is 6.07 Å². The fourth-order valence-electron chi connectivity index (χ4n) is 3.07. The predicted octanol–water partition coefficient (Wildman–Crippen LogP) is 5.11. The number of fused-ring (bicyclic) bond motifs is 1. The van der Waals surface area contributed by atoms with Crippen LogP contribution in [-0.2, 0) is 12.3 Å². The Morgan fingerprint density at radius 1 is 1.00 bits per heavy atom. The molecule has 2 aromatic carbocycles. The third kappa shape index (κ3) is 3.27. The van der Waals surface area contributed by atoms with Gasteiger partial charge in [0.05, 0.1) is 22.5 Å². The summed E-state index contributed by atoms with van der Waals surface area (Å²) in [5.74, 6) is 2.56. The molecular formula is C20H18N4S2. The van der Waals surface area contributed by atoms with E-state index in [4.69, 9.17) is 4.98 Å². The van der Waals surface area contributed by atoms with Gasteiger partial charge in [0.15, 0.2) is 5.16 Å². The summed E-state index contributed by atoms with van der Waals surface area (Å²) in [7, 11) is 0. The summed E-state index contributed by atoms with van der Waals surface area (Å²) in [5, 5.41) is 11.1. The van der Waals surface area contributed by atoms with E-state index in [9.17, 15) is 0 Å². The molecule has 0 spiro atoms. The summed E-state index contributed by atoms with van der Waals surface area (Å²) < 4.78 is 3.54. The SMILES string of the molecule is c1ccc(Cn2c(SCc3nc4ccccc4s3)nnc2C2CC2)cc1. The molecule has 4 aromatic rings. The van der Waals surface area contributed by atoms with Crippen molar-refractivity contribution in [3.8, 4) is 0 Å². The van der Waals surface area contributed by atoms with Crippen LogP contribution >= 0.6 is 23.1 Å². The molecule has 5 rings (SSSR count). The summed E-state index contributed by atoms with van der Waals surface area (Å²) in [4.78, 5) is 4.74. The van der Waals surface area contributed by atoms with Crippen molar-refractivity contribution in [3.05, 3.63) is 71.0 Å². The summed E-state index contributed by atoms with van der Waals surface area (Å²) in [6, 6.07) is 18.9. The number of thiazole rings is 1. The van der Waals surface area contributed by atoms with E-state index in [-0.39, 0.29) is 0 Å². The molecule has 1 saturated carbocycles. The normalized spacial score (nSPS) is 14.2. The van der Waals surface area contributed by atoms with Crippen LogP contribution in [0.3, 0.4) is 0 Å². The van der Waals surface area contributed by atoms with Crippen LogP contribution in [0.4, 0.5) is 0 Å². The zero-order valence-electron chi connectivity index (χ0n) is 14.2. The first-order valence-corrected chi connectivity index (χ1v) is 10.6. The topological polar surface area (TPSA) is 43.6 Å². The van der Waals surface area contributed by atoms with Crippen molar-refractivity contribution in [1.82, 2.24) is 19.7 Å². The number of benzene rings is 2. The second-order valence-corrected chi connectivity index (χ2v) is 8.61. The lowest BCUT2D eigenvalue weighted by atomic mass is 10.2. The van der Waals surface area contributed by atoms with E-state index in [0.29, 0.717) is 5.92 Å². The average Bonchev–Trinajstić information content (AvgIpc) is 3.31. The first-order chi connectivity index (χ1) is 12.9. The maximum Gasteiger partial charge on any atom is 0.191 e. The van der Waals surface area contributed by atoms with Crippen LogP contribution < -0.4 is 0 Å². The van der Waals surface area contributed by atoms with Gasteiger partial charge in [-0.15, -0.1) is 21.5 Å². The van der Waals surface area contributed by atoms with E-state index in [1.165, 1.54) is 23.1 Å². The molecule has 26 heavy (non-hydrogen) atoms. The van der Waals surface area contributed by atoms with Gasteiger partial charge in [0.2, 0.25) is 0 Å². The lowest BCUT2D eigenvalue weighted by molar-refractivity contribution is 0.667. The number of hydrogen-bond donors (Lipinski definition) is 0. The monoisotopic (exact) mass is 378 g/mol. The van der Waals surface area contributed by atoms with Crippen LogP contribution in [0.5, 0.6) is 0 Å². The van der Waals surface area contributed by atoms with Crippen LogP contribution in [0.15, 0.2) is 59.8 Å². The van der Waals surface area contributed by atoms with E-state index in [2.05, 4.69) is 63.3 Å². The zero-order chi connectivity index (χ0) is 17.3. The molecule has 0 N–H and O–H groups in total. The van der Waals surface area contributed by atoms with Crippen molar-refractivity contribution >= 4 is 33.3 Å². The quantitative estimate of drug-likeness (QED) is 0.438. The Labute approximate surface area is 160 Å². The third-order valence-electron chi connectivity index (χ3n) is 4.53. The minimum absolute atomic E-state index is 0.586. The summed E-state index contributed by atoms with van der Waals surface area (Å²) in [6.07, 6.45) is 2.46. The molecule has 1 aliphatic rings. The Morgan fingerprint density at radius 2 is 1.81 bits per heavy atom. The molecule has 1 aliphatic carbocycles. The Balaban J connectivity index is 1.39. The molecule has 1 fully saturated rings. The van der Waals surface area contributed by atoms with Crippen LogP contribution in [0.2, 0.25) is 0 Å². The minimum atomic E-state index is 0.586. The molecule has 4 nitrogen and oxygen atoms in total. The first-order valence-electron chi connectivity index (χ1n) is 8.81. The Morgan fingerprint density at radius 3 is 2.62 bits per heavy atom. The molecular weight excluding hydrogens is 360 g/mol. The number of hydrogen-bond acceptors (Lipinski definition) is 5. The largest absolute Gasteiger partial charge is 0.301 e. The second-order valence-electron chi connectivity index (χ2n) is 6.55. The van der Waals surface area contributed by atoms with E-state index in [1.54, 1.807) is 23.1 Å². The van der Waals surface area contributed by atoms with Crippen molar-refractivity contribution < 1.29 is 0 Å². The number of thioether (sulfide) groups is 1. The van der Waals surface area contributed by atoms with Crippen LogP contribution in [-0.4, -0.2) is 19.7 Å². The highest BCUT2D eigenvalue weighted by atomic mass is 32.2. The van der Waals surface area contributed by atoms with Gasteiger partial charge in [0.25, 0.3) is 0 Å². The van der Waals surface area contributed by atoms with Crippen LogP contribution in [0.1, 0.15) is 35.2 Å². The van der Waals surface area contributed by atoms with Crippen LogP contribution in [0, 0.1) is 0 Å². The van der Waals surface area contributed by atoms with E-state index < -0.39 is 0 Å². The third-order valence-corrected chi connectivity index (χ3v) is 6.73. The Kier molecular flexibility index (Phi) is 4.22. The number of aromatic nitrogens is 4. The molecule has 0 bridgehead atoms. The maximum atomic E-state index is 4.74. The van der Waals surface area contributed by atoms with Gasteiger partial charge in [-0.3, -0.25) is 0 Å². The fraction of sp³-hybridized carbons (Fsp3) is 0.250. The van der Waals surface area contributed by atoms with Crippen molar-refractivity contribution in [2.45, 2.75) is 36.2 Å². The van der Waals surface area contributed by atoms with Crippen molar-refractivity contribution in [3.63, 3.8) is 0 Å². The number of para-hydroxylation sites is 1. The average molecular weight is 379 g/mol. The van der Waals surface area contributed by atoms with Gasteiger partial charge >= 0.3 is 0 Å². The van der Waals surface area contributed by atoms with Gasteiger partial charge in [-0.1, -0.05) is 54.2 Å². The molecule has 130 valence electrons. The summed E-state index contributed by atoms with van der Waals surface area (Å²) in [5.41, 5.74) is 2.37. The van der Waals surface area contributed by atoms with Gasteiger partial charge in [-0.25, -0.2) is 4.98 Å². The zero-order valence-corrected chi connectivity index (χ0v) is 15.8. The molecule has 0 unspecified atom stereocenters. The van der Waals surface area contributed by atoms with Gasteiger partial charge in [0.1, 0.15) is 10.8 Å². The highest BCUT2D eigenvalue weighted by Gasteiger charge is 2.30. The highest BCUT2D eigenvalue weighted by molar-refractivity contribution is 7.98. The highest BCUT2D eigenvalue weighted by Crippen LogP contribution is 2.40. The molecule has 0 atom stereocenters. The predicted molar refractivity (Wildman–Crippen MR) is 107 cm³/mol. The molecule has 0 amide bonds. The number of nitrogens with zero attached hydrogens (tertiary/aromatic N) is 4. The van der Waals surface area contributed by atoms with Crippen molar-refractivity contribution in [2.24, 2.45) is 0 Å². The minimum Gasteiger partial charge on any atom is -0.301 e. The second kappa shape index (κ2) is 6.85. The van der Waals surface area contributed by atoms with Crippen molar-refractivity contribution in [1.29, 1.82) is 0 Å². The smallest absolute Gasteiger partial charge is 0.191 e. The standard InChI is InChI=1S/C20H18N4S2/c1-2-6-14(7-3-1)12-24-19(15-10-11-15)22-23-20(24)25-13-18-21-16-8-4-5-9-17(16)26-18/h1-9,15H,10-13H2. The van der Waals surface area contributed by atoms with Crippen molar-refractivity contribution in [2.75, 3.05) is 0 Å². The molecule has 0 saturated heterocycles. The Hall–Kier alpha value is -2.18. The Bertz CT molecular complexity index is 1000. The first kappa shape index (κ1) is 16.0. The maximum absolute atomic E-state index is 4.74. The van der Waals surface area contributed by atoms with E-state index >= 15 is 0 Å². The van der Waals surface area contributed by atoms with Gasteiger partial charge in [-0.05, 0) is 30.5 Å². The van der Waals surface area contributed by atoms with Gasteiger partial charge in [-0.2, -0.15) is 0 Å². The number of rotatable bonds is 6. The lowest BCUT2D eigenvalue weighted by Crippen LogP contribution is -2.06. The molecule has 6 heteroatoms. The molecule has 2 aromatic heterocycles. The molecule has 2 heterocycles. The molecule has 0 aliphatic heterocycles. The van der Waals surface area contributed by atoms with Gasteiger partial charge in [0, 0.05) is 5.92 Å². The summed E-state index contributed by atoms with van der Waals surface area (Å²) in [6.45, 7) is 0.835. The van der Waals surface area contributed by atoms with Crippen LogP contribution in [0.25, 0.3) is 10.2 Å². The summed E-state index contributed by atoms with van der Waals surface area (Å²) >= 11 is 3.50. The fourth-order valence-corrected chi connectivity index (χ4v) is 4.98. The van der Waals surface area contributed by atoms with E-state index in [0.717, 1.165) is 33.8 Å². The van der Waals surface area contributed by atoms with Gasteiger partial charge < -0.3 is 4.57 Å². The molecule has 0 radical (unpaired) electrons. The lowest BCUT2D eigenvalue weighted by Gasteiger charge is -2.09.